The van der Waals surface area contributed by atoms with Gasteiger partial charge in [0, 0.05) is 21.8 Å². The molecule has 0 atom stereocenters. The van der Waals surface area contributed by atoms with E-state index in [1.165, 1.54) is 0 Å². The van der Waals surface area contributed by atoms with Crippen molar-refractivity contribution < 1.29 is 9.59 Å². The van der Waals surface area contributed by atoms with E-state index in [4.69, 9.17) is 0 Å². The van der Waals surface area contributed by atoms with Crippen LogP contribution in [0.3, 0.4) is 0 Å². The van der Waals surface area contributed by atoms with Crippen molar-refractivity contribution in [3.05, 3.63) is 70.8 Å². The molecule has 2 nitrogen and oxygen atoms in total. The lowest BCUT2D eigenvalue weighted by molar-refractivity contribution is 0.0817. The Balaban J connectivity index is 2.20. The molecule has 2 rings (SSSR count). The number of carbonyl (C=O) groups excluding carboxylic acids is 2. The number of rotatable bonds is 5. The molecule has 102 valence electrons. The van der Waals surface area contributed by atoms with Gasteiger partial charge in [0.2, 0.25) is 11.6 Å². The van der Waals surface area contributed by atoms with E-state index >= 15 is 0 Å². The highest BCUT2D eigenvalue weighted by Crippen LogP contribution is 2.13. The Bertz CT molecular complexity index is 558. The Morgan fingerprint density at radius 3 is 1.20 bits per heavy atom. The van der Waals surface area contributed by atoms with Crippen LogP contribution >= 0.6 is 31.9 Å². The number of halogens is 2. The molecule has 2 aromatic rings. The molecule has 20 heavy (non-hydrogen) atoms. The van der Waals surface area contributed by atoms with E-state index in [-0.39, 0.29) is 0 Å². The average molecular weight is 396 g/mol. The van der Waals surface area contributed by atoms with Crippen LogP contribution < -0.4 is 0 Å². The van der Waals surface area contributed by atoms with E-state index in [9.17, 15) is 9.59 Å². The second-order valence-corrected chi connectivity index (χ2v) is 5.44. The normalized spacial score (nSPS) is 10.3. The predicted molar refractivity (Wildman–Crippen MR) is 86.8 cm³/mol. The molecule has 0 spiro atoms. The molecule has 0 heterocycles. The maximum Gasteiger partial charge on any atom is 0.233 e. The van der Waals surface area contributed by atoms with Gasteiger partial charge in [-0.25, -0.2) is 0 Å². The predicted octanol–water partition coefficient (Wildman–Crippen LogP) is 4.54. The molecule has 0 bridgehead atoms. The molecular weight excluding hydrogens is 384 g/mol. The van der Waals surface area contributed by atoms with E-state index < -0.39 is 11.6 Å². The van der Waals surface area contributed by atoms with Crippen LogP contribution in [0.25, 0.3) is 0 Å². The fraction of sp³-hybridized carbons (Fsp3) is 0.125. The first-order valence-corrected chi connectivity index (χ1v) is 8.29. The summed E-state index contributed by atoms with van der Waals surface area (Å²) in [6.45, 7) is 0. The lowest BCUT2D eigenvalue weighted by atomic mass is 10.00. The summed E-state index contributed by atoms with van der Waals surface area (Å²) < 4.78 is 0. The van der Waals surface area contributed by atoms with E-state index in [0.29, 0.717) is 11.1 Å². The number of Topliss-reactive ketones (excluding diaryl/α,β-unsaturated/α-hetero) is 2. The monoisotopic (exact) mass is 394 g/mol. The second kappa shape index (κ2) is 6.95. The fourth-order valence-corrected chi connectivity index (χ4v) is 2.50. The minimum absolute atomic E-state index is 0.421. The zero-order chi connectivity index (χ0) is 14.5. The van der Waals surface area contributed by atoms with Crippen molar-refractivity contribution in [2.24, 2.45) is 0 Å². The summed E-state index contributed by atoms with van der Waals surface area (Å²) in [4.78, 5) is 24.3. The molecule has 0 saturated carbocycles. The van der Waals surface area contributed by atoms with Gasteiger partial charge in [0.05, 0.1) is 0 Å². The van der Waals surface area contributed by atoms with Gasteiger partial charge in [0.1, 0.15) is 0 Å². The molecule has 2 aromatic carbocycles. The van der Waals surface area contributed by atoms with Gasteiger partial charge in [-0.1, -0.05) is 80.4 Å². The lowest BCUT2D eigenvalue weighted by Crippen LogP contribution is -2.14. The Morgan fingerprint density at radius 2 is 0.950 bits per heavy atom. The number of benzene rings is 2. The van der Waals surface area contributed by atoms with Crippen molar-refractivity contribution in [2.45, 2.75) is 10.7 Å². The van der Waals surface area contributed by atoms with Crippen LogP contribution in [0.15, 0.2) is 48.5 Å². The summed E-state index contributed by atoms with van der Waals surface area (Å²) in [6, 6.07) is 14.1. The zero-order valence-electron chi connectivity index (χ0n) is 10.6. The molecule has 0 aliphatic carbocycles. The van der Waals surface area contributed by atoms with Crippen LogP contribution in [0.2, 0.25) is 0 Å². The van der Waals surface area contributed by atoms with Gasteiger partial charge in [-0.15, -0.1) is 0 Å². The third-order valence-corrected chi connectivity index (χ3v) is 4.24. The third-order valence-electron chi connectivity index (χ3n) is 2.95. The lowest BCUT2D eigenvalue weighted by Gasteiger charge is -2.03. The van der Waals surface area contributed by atoms with E-state index in [2.05, 4.69) is 31.9 Å². The molecule has 0 N–H and O–H groups in total. The molecular formula is C16H12Br2O2. The fourth-order valence-electron chi connectivity index (χ4n) is 1.75. The zero-order valence-corrected chi connectivity index (χ0v) is 13.8. The van der Waals surface area contributed by atoms with Crippen molar-refractivity contribution in [2.75, 3.05) is 0 Å². The van der Waals surface area contributed by atoms with Crippen molar-refractivity contribution >= 4 is 43.4 Å². The Kier molecular flexibility index (Phi) is 5.26. The Hall–Kier alpha value is -1.26. The summed E-state index contributed by atoms with van der Waals surface area (Å²) in [5, 5.41) is 1.45. The van der Waals surface area contributed by atoms with E-state index in [1.54, 1.807) is 24.3 Å². The van der Waals surface area contributed by atoms with Gasteiger partial charge in [0.15, 0.2) is 0 Å². The van der Waals surface area contributed by atoms with Gasteiger partial charge < -0.3 is 0 Å². The van der Waals surface area contributed by atoms with Crippen LogP contribution in [0.4, 0.5) is 0 Å². The number of alkyl halides is 2. The molecule has 0 fully saturated rings. The minimum atomic E-state index is -0.474. The highest BCUT2D eigenvalue weighted by molar-refractivity contribution is 9.08. The Labute approximate surface area is 134 Å². The second-order valence-electron chi connectivity index (χ2n) is 4.32. The van der Waals surface area contributed by atoms with E-state index in [1.807, 2.05) is 24.3 Å². The first-order valence-electron chi connectivity index (χ1n) is 6.04. The summed E-state index contributed by atoms with van der Waals surface area (Å²) in [7, 11) is 0. The van der Waals surface area contributed by atoms with Gasteiger partial charge in [-0.2, -0.15) is 0 Å². The molecule has 0 saturated heterocycles. The van der Waals surface area contributed by atoms with Gasteiger partial charge in [0.25, 0.3) is 0 Å². The molecule has 0 aromatic heterocycles. The van der Waals surface area contributed by atoms with Crippen LogP contribution in [0, 0.1) is 0 Å². The minimum Gasteiger partial charge on any atom is -0.285 e. The highest BCUT2D eigenvalue weighted by Gasteiger charge is 2.17. The first-order chi connectivity index (χ1) is 9.65. The summed E-state index contributed by atoms with van der Waals surface area (Å²) >= 11 is 6.69. The maximum absolute atomic E-state index is 12.1. The molecule has 0 amide bonds. The number of ketones is 2. The van der Waals surface area contributed by atoms with Crippen molar-refractivity contribution in [3.8, 4) is 0 Å². The van der Waals surface area contributed by atoms with Gasteiger partial charge >= 0.3 is 0 Å². The Morgan fingerprint density at radius 1 is 0.650 bits per heavy atom. The van der Waals surface area contributed by atoms with Crippen LogP contribution in [-0.4, -0.2) is 11.6 Å². The quantitative estimate of drug-likeness (QED) is 0.423. The third kappa shape index (κ3) is 3.44. The summed E-state index contributed by atoms with van der Waals surface area (Å²) in [5.74, 6) is -0.949. The SMILES string of the molecule is O=C(C(=O)c1ccc(CBr)cc1)c1ccc(CBr)cc1. The maximum atomic E-state index is 12.1. The van der Waals surface area contributed by atoms with Crippen molar-refractivity contribution in [3.63, 3.8) is 0 Å². The number of hydrogen-bond donors (Lipinski definition) is 0. The number of hydrogen-bond acceptors (Lipinski definition) is 2. The van der Waals surface area contributed by atoms with E-state index in [0.717, 1.165) is 21.8 Å². The topological polar surface area (TPSA) is 34.1 Å². The summed E-state index contributed by atoms with van der Waals surface area (Å²) in [6.07, 6.45) is 0. The van der Waals surface area contributed by atoms with Crippen molar-refractivity contribution in [1.29, 1.82) is 0 Å². The average Bonchev–Trinajstić information content (AvgIpc) is 2.53. The van der Waals surface area contributed by atoms with Crippen molar-refractivity contribution in [1.82, 2.24) is 0 Å². The molecule has 0 aliphatic rings. The molecule has 0 unspecified atom stereocenters. The highest BCUT2D eigenvalue weighted by atomic mass is 79.9. The molecule has 0 aliphatic heterocycles. The van der Waals surface area contributed by atoms with Crippen LogP contribution in [0.5, 0.6) is 0 Å². The molecule has 4 heteroatoms. The van der Waals surface area contributed by atoms with Crippen LogP contribution in [0.1, 0.15) is 31.8 Å². The van der Waals surface area contributed by atoms with Gasteiger partial charge in [-0.05, 0) is 11.1 Å². The standard InChI is InChI=1S/C16H12Br2O2/c17-9-11-1-5-13(6-2-11)15(19)16(20)14-7-3-12(10-18)4-8-14/h1-8H,9-10H2. The largest absolute Gasteiger partial charge is 0.285 e. The first kappa shape index (κ1) is 15.1. The molecule has 0 radical (unpaired) electrons. The summed E-state index contributed by atoms with van der Waals surface area (Å²) in [5.41, 5.74) is 2.97. The van der Waals surface area contributed by atoms with Crippen LogP contribution in [-0.2, 0) is 10.7 Å². The number of carbonyl (C=O) groups is 2. The smallest absolute Gasteiger partial charge is 0.233 e. The van der Waals surface area contributed by atoms with Gasteiger partial charge in [-0.3, -0.25) is 9.59 Å².